The van der Waals surface area contributed by atoms with Crippen molar-refractivity contribution >= 4 is 44.0 Å². The monoisotopic (exact) mass is 458 g/mol. The number of hydrogen-bond donors (Lipinski definition) is 1. The lowest BCUT2D eigenvalue weighted by Crippen LogP contribution is -2.01. The van der Waals surface area contributed by atoms with Crippen molar-refractivity contribution in [2.45, 2.75) is 0 Å². The Morgan fingerprint density at radius 3 is 2.14 bits per heavy atom. The molecule has 7 aromatic rings. The average Bonchev–Trinajstić information content (AvgIpc) is 3.28. The Bertz CT molecular complexity index is 1960. The normalized spacial score (nSPS) is 12.1. The van der Waals surface area contributed by atoms with Crippen LogP contribution in [-0.4, -0.2) is 4.57 Å². The van der Waals surface area contributed by atoms with E-state index in [1.54, 1.807) is 0 Å². The molecule has 0 unspecified atom stereocenters. The van der Waals surface area contributed by atoms with Crippen molar-refractivity contribution in [3.05, 3.63) is 127 Å². The van der Waals surface area contributed by atoms with E-state index in [2.05, 4.69) is 137 Å². The number of rotatable bonds is 2. The molecule has 6 aromatic carbocycles. The smallest absolute Gasteiger partial charge is 0.0541 e. The molecule has 2 heteroatoms. The molecule has 36 heavy (non-hydrogen) atoms. The number of aromatic nitrogens is 1. The molecule has 0 amide bonds. The first-order valence-corrected chi connectivity index (χ1v) is 12.4. The summed E-state index contributed by atoms with van der Waals surface area (Å²) in [4.78, 5) is 0. The van der Waals surface area contributed by atoms with Crippen molar-refractivity contribution < 1.29 is 0 Å². The Hall–Kier alpha value is -4.82. The van der Waals surface area contributed by atoms with Gasteiger partial charge in [0.15, 0.2) is 0 Å². The number of hydrogen-bond acceptors (Lipinski definition) is 1. The topological polar surface area (TPSA) is 17.0 Å². The number of para-hydroxylation sites is 3. The fourth-order valence-corrected chi connectivity index (χ4v) is 5.95. The van der Waals surface area contributed by atoms with Crippen LogP contribution in [0.3, 0.4) is 0 Å². The van der Waals surface area contributed by atoms with Crippen molar-refractivity contribution in [1.82, 2.24) is 4.57 Å². The Labute approximate surface area is 209 Å². The summed E-state index contributed by atoms with van der Waals surface area (Å²) in [6.45, 7) is 0. The Morgan fingerprint density at radius 1 is 0.444 bits per heavy atom. The van der Waals surface area contributed by atoms with E-state index >= 15 is 0 Å². The number of anilines is 2. The summed E-state index contributed by atoms with van der Waals surface area (Å²) >= 11 is 0. The minimum absolute atomic E-state index is 1.17. The van der Waals surface area contributed by atoms with Crippen LogP contribution in [0.15, 0.2) is 127 Å². The first kappa shape index (κ1) is 19.5. The molecule has 2 nitrogen and oxygen atoms in total. The molecule has 0 atom stereocenters. The zero-order valence-electron chi connectivity index (χ0n) is 19.6. The number of fused-ring (bicyclic) bond motifs is 5. The van der Waals surface area contributed by atoms with E-state index in [4.69, 9.17) is 0 Å². The molecular weight excluding hydrogens is 436 g/mol. The highest BCUT2D eigenvalue weighted by atomic mass is 15.0. The molecule has 1 N–H and O–H groups in total. The van der Waals surface area contributed by atoms with E-state index in [9.17, 15) is 0 Å². The summed E-state index contributed by atoms with van der Waals surface area (Å²) < 4.78 is 2.37. The van der Waals surface area contributed by atoms with Crippen molar-refractivity contribution in [2.75, 3.05) is 5.32 Å². The largest absolute Gasteiger partial charge is 0.354 e. The second-order valence-electron chi connectivity index (χ2n) is 9.48. The van der Waals surface area contributed by atoms with Gasteiger partial charge >= 0.3 is 0 Å². The maximum Gasteiger partial charge on any atom is 0.0541 e. The van der Waals surface area contributed by atoms with E-state index in [0.29, 0.717) is 0 Å². The standard InChI is InChI=1S/C34H22N2/c1-2-9-23(10-3-1)36-32-16-7-5-12-26(32)29-21-22(17-20-33(29)36)24-18-19-31-34-27(24)13-8-14-28(34)25-11-4-6-15-30(25)35-31/h1-21,35H. The molecular formula is C34H22N2. The second-order valence-corrected chi connectivity index (χ2v) is 9.48. The van der Waals surface area contributed by atoms with Crippen molar-refractivity contribution in [2.24, 2.45) is 0 Å². The zero-order chi connectivity index (χ0) is 23.6. The lowest BCUT2D eigenvalue weighted by atomic mass is 9.88. The molecule has 0 saturated heterocycles. The summed E-state index contributed by atoms with van der Waals surface area (Å²) in [5.74, 6) is 0. The Kier molecular flexibility index (Phi) is 3.97. The van der Waals surface area contributed by atoms with E-state index in [1.165, 1.54) is 71.9 Å². The molecule has 1 aliphatic heterocycles. The number of benzene rings is 6. The SMILES string of the molecule is c1ccc(-n2c3ccccc3c3cc(-c4ccc5c6c(cccc46)-c4ccccc4N5)ccc32)cc1. The maximum absolute atomic E-state index is 3.66. The number of nitrogens with one attached hydrogen (secondary N) is 1. The predicted octanol–water partition coefficient (Wildman–Crippen LogP) is 9.33. The molecule has 0 saturated carbocycles. The minimum Gasteiger partial charge on any atom is -0.354 e. The van der Waals surface area contributed by atoms with Gasteiger partial charge in [0.05, 0.1) is 11.0 Å². The fourth-order valence-electron chi connectivity index (χ4n) is 5.95. The van der Waals surface area contributed by atoms with Gasteiger partial charge in [-0.3, -0.25) is 0 Å². The van der Waals surface area contributed by atoms with E-state index in [-0.39, 0.29) is 0 Å². The quantitative estimate of drug-likeness (QED) is 0.273. The third-order valence-corrected chi connectivity index (χ3v) is 7.53. The van der Waals surface area contributed by atoms with Crippen molar-refractivity contribution in [1.29, 1.82) is 0 Å². The summed E-state index contributed by atoms with van der Waals surface area (Å²) in [6, 6.07) is 46.0. The molecule has 0 fully saturated rings. The van der Waals surface area contributed by atoms with Crippen LogP contribution in [0.25, 0.3) is 60.5 Å². The van der Waals surface area contributed by atoms with Gasteiger partial charge in [0.2, 0.25) is 0 Å². The van der Waals surface area contributed by atoms with E-state index < -0.39 is 0 Å². The maximum atomic E-state index is 3.66. The molecule has 0 bridgehead atoms. The third kappa shape index (κ3) is 2.67. The highest BCUT2D eigenvalue weighted by molar-refractivity contribution is 6.16. The first-order chi connectivity index (χ1) is 17.9. The van der Waals surface area contributed by atoms with Crippen LogP contribution < -0.4 is 5.32 Å². The van der Waals surface area contributed by atoms with Crippen LogP contribution in [0.1, 0.15) is 0 Å². The van der Waals surface area contributed by atoms with Crippen LogP contribution in [0, 0.1) is 0 Å². The predicted molar refractivity (Wildman–Crippen MR) is 152 cm³/mol. The van der Waals surface area contributed by atoms with Gasteiger partial charge in [-0.15, -0.1) is 0 Å². The average molecular weight is 459 g/mol. The molecule has 0 aliphatic carbocycles. The molecule has 2 heterocycles. The van der Waals surface area contributed by atoms with Crippen LogP contribution in [0.5, 0.6) is 0 Å². The molecule has 168 valence electrons. The van der Waals surface area contributed by atoms with Gasteiger partial charge in [0.25, 0.3) is 0 Å². The van der Waals surface area contributed by atoms with Crippen LogP contribution in [-0.2, 0) is 0 Å². The van der Waals surface area contributed by atoms with E-state index in [0.717, 1.165) is 0 Å². The van der Waals surface area contributed by atoms with Gasteiger partial charge in [-0.25, -0.2) is 0 Å². The van der Waals surface area contributed by atoms with Crippen LogP contribution >= 0.6 is 0 Å². The van der Waals surface area contributed by atoms with Gasteiger partial charge < -0.3 is 9.88 Å². The van der Waals surface area contributed by atoms with E-state index in [1.807, 2.05) is 0 Å². The highest BCUT2D eigenvalue weighted by Gasteiger charge is 2.20. The van der Waals surface area contributed by atoms with Gasteiger partial charge in [0, 0.05) is 38.8 Å². The lowest BCUT2D eigenvalue weighted by molar-refractivity contribution is 1.18. The summed E-state index contributed by atoms with van der Waals surface area (Å²) in [6.07, 6.45) is 0. The summed E-state index contributed by atoms with van der Waals surface area (Å²) in [7, 11) is 0. The highest BCUT2D eigenvalue weighted by Crippen LogP contribution is 2.46. The molecule has 0 spiro atoms. The fraction of sp³-hybridized carbons (Fsp3) is 0. The van der Waals surface area contributed by atoms with Gasteiger partial charge in [0.1, 0.15) is 0 Å². The molecule has 0 radical (unpaired) electrons. The molecule has 1 aromatic heterocycles. The van der Waals surface area contributed by atoms with Crippen molar-refractivity contribution in [3.8, 4) is 27.9 Å². The van der Waals surface area contributed by atoms with Crippen LogP contribution in [0.4, 0.5) is 11.4 Å². The molecule has 8 rings (SSSR count). The summed E-state index contributed by atoms with van der Waals surface area (Å²) in [5, 5.41) is 8.77. The summed E-state index contributed by atoms with van der Waals surface area (Å²) in [5.41, 5.74) is 11.0. The van der Waals surface area contributed by atoms with Gasteiger partial charge in [-0.05, 0) is 64.5 Å². The first-order valence-electron chi connectivity index (χ1n) is 12.4. The molecule has 1 aliphatic rings. The minimum atomic E-state index is 1.17. The van der Waals surface area contributed by atoms with Gasteiger partial charge in [-0.2, -0.15) is 0 Å². The Balaban J connectivity index is 1.40. The third-order valence-electron chi connectivity index (χ3n) is 7.53. The number of nitrogens with zero attached hydrogens (tertiary/aromatic N) is 1. The van der Waals surface area contributed by atoms with Gasteiger partial charge in [-0.1, -0.05) is 84.9 Å². The zero-order valence-corrected chi connectivity index (χ0v) is 19.6. The van der Waals surface area contributed by atoms with Crippen molar-refractivity contribution in [3.63, 3.8) is 0 Å². The lowest BCUT2D eigenvalue weighted by Gasteiger charge is -2.23. The Morgan fingerprint density at radius 2 is 1.19 bits per heavy atom. The van der Waals surface area contributed by atoms with Crippen LogP contribution in [0.2, 0.25) is 0 Å². The second kappa shape index (κ2) is 7.34.